The van der Waals surface area contributed by atoms with E-state index in [-0.39, 0.29) is 39.9 Å². The van der Waals surface area contributed by atoms with E-state index in [0.717, 1.165) is 89.7 Å². The molecule has 6 aromatic carbocycles. The van der Waals surface area contributed by atoms with Crippen LogP contribution in [0.1, 0.15) is 303 Å². The molecule has 0 aromatic heterocycles. The standard InChI is InChI=1S/C88H127O9P3/c1-52(2)34-65-40-58(13)80-71(43-65)61(16)74-46-68(37-55(7)8)49-77(86(19,20)21)83(74)95-98(92-80)89-31-28-64(29-32-90-99-93-81-59(14)41-66(35-53(3)4)44-72(81)62(17)75-47-69(38-56(9)10)50-78(84(75)96-99)87(22,23)24)30-33-91-100-94-82-60(15)42-67(36-54(5)6)45-73(82)63(18)76-48-70(39-57(11)12)51-79(85(76)97-100)88(25,26)27/h40-57,61-64H,28-39H2,1-27H3. The second kappa shape index (κ2) is 33.2. The van der Waals surface area contributed by atoms with Crippen LogP contribution in [0.25, 0.3) is 0 Å². The summed E-state index contributed by atoms with van der Waals surface area (Å²) in [7, 11) is -5.80. The summed E-state index contributed by atoms with van der Waals surface area (Å²) in [4.78, 5) is 0. The molecular weight excluding hydrogens is 1290 g/mol. The van der Waals surface area contributed by atoms with E-state index in [9.17, 15) is 0 Å². The topological polar surface area (TPSA) is 83.1 Å². The molecule has 0 fully saturated rings. The Labute approximate surface area is 610 Å². The highest BCUT2D eigenvalue weighted by molar-refractivity contribution is 7.43. The number of benzene rings is 6. The monoisotopic (exact) mass is 1420 g/mol. The SMILES string of the molecule is Cc1cc(CC(C)C)cc2c1OP(OCCC(CCOP1Oc3c(C)cc(CC(C)C)cc3C(C)c3cc(CC(C)C)cc(C(C)(C)C)c3O1)CCOP1Oc3c(C)cc(CC(C)C)cc3C(C)c3cc(CC(C)C)cc(C(C)(C)C)c3O1)Oc1c(cc(CC(C)C)cc1C(C)(C)C)C2C. The van der Waals surface area contributed by atoms with Crippen LogP contribution < -0.4 is 27.1 Å². The van der Waals surface area contributed by atoms with Gasteiger partial charge in [0.1, 0.15) is 34.5 Å². The second-order valence-electron chi connectivity index (χ2n) is 35.6. The molecule has 0 spiro atoms. The van der Waals surface area contributed by atoms with Crippen molar-refractivity contribution in [2.24, 2.45) is 41.4 Å². The van der Waals surface area contributed by atoms with Gasteiger partial charge in [0, 0.05) is 67.8 Å². The highest BCUT2D eigenvalue weighted by atomic mass is 31.2. The van der Waals surface area contributed by atoms with Gasteiger partial charge in [0.25, 0.3) is 0 Å². The molecule has 3 aliphatic heterocycles. The second-order valence-corrected chi connectivity index (χ2v) is 38.8. The van der Waals surface area contributed by atoms with E-state index < -0.39 is 25.8 Å². The summed E-state index contributed by atoms with van der Waals surface area (Å²) < 4.78 is 64.9. The summed E-state index contributed by atoms with van der Waals surface area (Å²) in [6.45, 7) is 62.9. The van der Waals surface area contributed by atoms with Crippen molar-refractivity contribution in [1.29, 1.82) is 0 Å². The molecular formula is C88H127O9P3. The Hall–Kier alpha value is -4.71. The van der Waals surface area contributed by atoms with Crippen molar-refractivity contribution in [3.63, 3.8) is 0 Å². The molecule has 0 saturated heterocycles. The van der Waals surface area contributed by atoms with Crippen molar-refractivity contribution in [2.75, 3.05) is 19.8 Å². The first-order valence-electron chi connectivity index (χ1n) is 38.1. The summed E-state index contributed by atoms with van der Waals surface area (Å²) in [5, 5.41) is 0. The smallest absolute Gasteiger partial charge is 0.417 e. The minimum atomic E-state index is -1.93. The van der Waals surface area contributed by atoms with Gasteiger partial charge in [0.2, 0.25) is 0 Å². The highest BCUT2D eigenvalue weighted by Crippen LogP contribution is 2.58. The van der Waals surface area contributed by atoms with Gasteiger partial charge >= 0.3 is 25.8 Å². The van der Waals surface area contributed by atoms with Gasteiger partial charge in [-0.25, -0.2) is 0 Å². The quantitative estimate of drug-likeness (QED) is 0.0550. The van der Waals surface area contributed by atoms with E-state index in [2.05, 4.69) is 260 Å². The molecule has 0 saturated carbocycles. The van der Waals surface area contributed by atoms with Crippen molar-refractivity contribution in [1.82, 2.24) is 0 Å². The third kappa shape index (κ3) is 20.0. The van der Waals surface area contributed by atoms with Crippen LogP contribution in [0.15, 0.2) is 72.8 Å². The number of rotatable bonds is 24. The Morgan fingerprint density at radius 2 is 0.490 bits per heavy atom. The van der Waals surface area contributed by atoms with E-state index in [4.69, 9.17) is 40.7 Å². The van der Waals surface area contributed by atoms with E-state index in [1.165, 1.54) is 83.5 Å². The predicted molar refractivity (Wildman–Crippen MR) is 422 cm³/mol. The highest BCUT2D eigenvalue weighted by Gasteiger charge is 2.39. The lowest BCUT2D eigenvalue weighted by atomic mass is 9.79. The maximum atomic E-state index is 7.31. The Balaban J connectivity index is 1.09. The molecule has 0 amide bonds. The van der Waals surface area contributed by atoms with E-state index in [1.807, 2.05) is 0 Å². The predicted octanol–water partition coefficient (Wildman–Crippen LogP) is 26.4. The molecule has 548 valence electrons. The van der Waals surface area contributed by atoms with Crippen LogP contribution in [0.5, 0.6) is 34.5 Å². The number of fused-ring (bicyclic) bond motifs is 6. The molecule has 0 aliphatic carbocycles. The van der Waals surface area contributed by atoms with Gasteiger partial charge in [-0.05, 0) is 186 Å². The Morgan fingerprint density at radius 1 is 0.300 bits per heavy atom. The summed E-state index contributed by atoms with van der Waals surface area (Å²) in [5.74, 6) is 8.28. The molecule has 6 atom stereocenters. The fourth-order valence-electron chi connectivity index (χ4n) is 15.1. The molecule has 100 heavy (non-hydrogen) atoms. The molecule has 3 heterocycles. The lowest BCUT2D eigenvalue weighted by molar-refractivity contribution is 0.183. The third-order valence-corrected chi connectivity index (χ3v) is 23.0. The molecule has 12 heteroatoms. The zero-order valence-corrected chi connectivity index (χ0v) is 69.4. The van der Waals surface area contributed by atoms with Crippen LogP contribution >= 0.6 is 25.8 Å². The molecule has 0 N–H and O–H groups in total. The maximum Gasteiger partial charge on any atom is 0.463 e. The van der Waals surface area contributed by atoms with Crippen molar-refractivity contribution in [3.05, 3.63) is 173 Å². The van der Waals surface area contributed by atoms with Gasteiger partial charge in [-0.2, -0.15) is 0 Å². The van der Waals surface area contributed by atoms with Gasteiger partial charge < -0.3 is 27.1 Å². The molecule has 0 radical (unpaired) electrons. The first-order chi connectivity index (χ1) is 46.8. The molecule has 0 bridgehead atoms. The van der Waals surface area contributed by atoms with Gasteiger partial charge in [-0.1, -0.05) is 239 Å². The van der Waals surface area contributed by atoms with Crippen LogP contribution in [0.3, 0.4) is 0 Å². The van der Waals surface area contributed by atoms with E-state index in [1.54, 1.807) is 0 Å². The minimum Gasteiger partial charge on any atom is -0.417 e. The minimum absolute atomic E-state index is 0.0171. The van der Waals surface area contributed by atoms with E-state index >= 15 is 0 Å². The summed E-state index contributed by atoms with van der Waals surface area (Å²) in [6, 6.07) is 28.4. The number of aryl methyl sites for hydroxylation is 3. The largest absolute Gasteiger partial charge is 0.463 e. The first-order valence-corrected chi connectivity index (χ1v) is 41.4. The fourth-order valence-corrected chi connectivity index (χ4v) is 18.5. The Morgan fingerprint density at radius 3 is 0.690 bits per heavy atom. The van der Waals surface area contributed by atoms with E-state index in [0.29, 0.717) is 74.6 Å². The first kappa shape index (κ1) is 79.4. The van der Waals surface area contributed by atoms with Crippen molar-refractivity contribution in [3.8, 4) is 34.5 Å². The van der Waals surface area contributed by atoms with Gasteiger partial charge in [-0.3, -0.25) is 13.6 Å². The van der Waals surface area contributed by atoms with Gasteiger partial charge in [0.15, 0.2) is 0 Å². The Kier molecular flexibility index (Phi) is 26.3. The molecule has 6 unspecified atom stereocenters. The molecule has 9 nitrogen and oxygen atoms in total. The summed E-state index contributed by atoms with van der Waals surface area (Å²) in [5.41, 5.74) is 21.2. The zero-order valence-electron chi connectivity index (χ0n) is 66.7. The summed E-state index contributed by atoms with van der Waals surface area (Å²) in [6.07, 6.45) is 7.88. The van der Waals surface area contributed by atoms with Crippen LogP contribution in [0.2, 0.25) is 0 Å². The fraction of sp³-hybridized carbons (Fsp3) is 0.591. The van der Waals surface area contributed by atoms with Crippen molar-refractivity contribution in [2.45, 2.75) is 279 Å². The molecule has 3 aliphatic rings. The third-order valence-electron chi connectivity index (χ3n) is 19.9. The van der Waals surface area contributed by atoms with Crippen LogP contribution in [0, 0.1) is 62.2 Å². The van der Waals surface area contributed by atoms with Gasteiger partial charge in [-0.15, -0.1) is 0 Å². The normalized spacial score (nSPS) is 18.9. The lowest BCUT2D eigenvalue weighted by Crippen LogP contribution is -2.20. The summed E-state index contributed by atoms with van der Waals surface area (Å²) >= 11 is 0. The van der Waals surface area contributed by atoms with Gasteiger partial charge in [0.05, 0.1) is 19.8 Å². The zero-order chi connectivity index (χ0) is 73.2. The molecule has 9 rings (SSSR count). The molecule has 6 aromatic rings. The lowest BCUT2D eigenvalue weighted by Gasteiger charge is -2.33. The average molecular weight is 1420 g/mol. The number of hydrogen-bond acceptors (Lipinski definition) is 9. The maximum absolute atomic E-state index is 7.31. The van der Waals surface area contributed by atoms with Crippen LogP contribution in [-0.2, 0) is 68.3 Å². The average Bonchev–Trinajstić information content (AvgIpc) is 0.771. The Bertz CT molecular complexity index is 3400. The number of hydrogen-bond donors (Lipinski definition) is 0. The van der Waals surface area contributed by atoms with Crippen LogP contribution in [0.4, 0.5) is 0 Å². The van der Waals surface area contributed by atoms with Crippen molar-refractivity contribution >= 4 is 25.8 Å². The van der Waals surface area contributed by atoms with Crippen LogP contribution in [-0.4, -0.2) is 19.8 Å². The van der Waals surface area contributed by atoms with Crippen molar-refractivity contribution < 1.29 is 40.7 Å².